The Morgan fingerprint density at radius 3 is 2.63 bits per heavy atom. The van der Waals surface area contributed by atoms with Gasteiger partial charge in [0.05, 0.1) is 12.0 Å². The first-order valence-corrected chi connectivity index (χ1v) is 11.0. The molecule has 1 saturated heterocycles. The van der Waals surface area contributed by atoms with Crippen molar-refractivity contribution in [3.05, 3.63) is 51.9 Å². The lowest BCUT2D eigenvalue weighted by Gasteiger charge is -2.35. The van der Waals surface area contributed by atoms with Crippen LogP contribution in [0.25, 0.3) is 17.2 Å². The molecular formula is C24H26N2O3S. The molecule has 156 valence electrons. The van der Waals surface area contributed by atoms with E-state index in [2.05, 4.69) is 43.1 Å². The molecule has 1 N–H and O–H groups in total. The van der Waals surface area contributed by atoms with Gasteiger partial charge in [-0.3, -0.25) is 14.9 Å². The maximum Gasteiger partial charge on any atom is 0.290 e. The van der Waals surface area contributed by atoms with Crippen LogP contribution in [-0.2, 0) is 11.2 Å². The van der Waals surface area contributed by atoms with E-state index >= 15 is 0 Å². The van der Waals surface area contributed by atoms with Crippen molar-refractivity contribution >= 4 is 34.7 Å². The summed E-state index contributed by atoms with van der Waals surface area (Å²) in [6.07, 6.45) is 3.97. The fraction of sp³-hybridized carbons (Fsp3) is 0.333. The number of aryl methyl sites for hydroxylation is 2. The van der Waals surface area contributed by atoms with Crippen molar-refractivity contribution in [3.63, 3.8) is 0 Å². The average molecular weight is 423 g/mol. The number of carbonyl (C=O) groups is 2. The lowest BCUT2D eigenvalue weighted by molar-refractivity contribution is -0.115. The molecule has 0 spiro atoms. The van der Waals surface area contributed by atoms with Gasteiger partial charge < -0.3 is 9.64 Å². The summed E-state index contributed by atoms with van der Waals surface area (Å²) in [5, 5.41) is 1.97. The van der Waals surface area contributed by atoms with E-state index in [-0.39, 0.29) is 11.1 Å². The van der Waals surface area contributed by atoms with E-state index in [0.717, 1.165) is 53.6 Å². The Morgan fingerprint density at radius 1 is 1.17 bits per heavy atom. The van der Waals surface area contributed by atoms with E-state index in [0.29, 0.717) is 10.9 Å². The van der Waals surface area contributed by atoms with Crippen LogP contribution in [0, 0.1) is 6.92 Å². The number of ether oxygens (including phenoxy) is 1. The summed E-state index contributed by atoms with van der Waals surface area (Å²) >= 11 is 0.930. The predicted molar refractivity (Wildman–Crippen MR) is 123 cm³/mol. The largest absolute Gasteiger partial charge is 0.496 e. The summed E-state index contributed by atoms with van der Waals surface area (Å²) < 4.78 is 5.65. The molecule has 0 bridgehead atoms. The third kappa shape index (κ3) is 3.84. The van der Waals surface area contributed by atoms with Crippen LogP contribution in [0.15, 0.2) is 35.2 Å². The molecule has 5 nitrogen and oxygen atoms in total. The molecule has 2 amide bonds. The SMILES string of the molecule is COc1ccc(/C=C2/SC(=O)NC2=O)cc1-c1cc2c(cc1C)N(C(C)C)CCC2. The molecule has 2 aromatic rings. The number of rotatable bonds is 4. The second-order valence-electron chi connectivity index (χ2n) is 8.00. The molecule has 2 heterocycles. The zero-order chi connectivity index (χ0) is 21.4. The van der Waals surface area contributed by atoms with E-state index in [1.807, 2.05) is 18.2 Å². The molecule has 2 aliphatic rings. The highest BCUT2D eigenvalue weighted by molar-refractivity contribution is 8.18. The summed E-state index contributed by atoms with van der Waals surface area (Å²) in [6, 6.07) is 10.9. The maximum absolute atomic E-state index is 11.9. The lowest BCUT2D eigenvalue weighted by atomic mass is 9.91. The first-order chi connectivity index (χ1) is 14.4. The molecular weight excluding hydrogens is 396 g/mol. The number of thioether (sulfide) groups is 1. The second-order valence-corrected chi connectivity index (χ2v) is 9.01. The van der Waals surface area contributed by atoms with E-state index in [1.54, 1.807) is 13.2 Å². The Labute approximate surface area is 181 Å². The molecule has 30 heavy (non-hydrogen) atoms. The van der Waals surface area contributed by atoms with E-state index in [4.69, 9.17) is 4.74 Å². The standard InChI is InChI=1S/C24H26N2O3S/c1-14(2)26-9-5-6-17-13-18(15(3)10-20(17)26)19-11-16(7-8-21(19)29-4)12-22-23(27)25-24(28)30-22/h7-8,10-14H,5-6,9H2,1-4H3,(H,25,27,28)/b22-12+. The number of nitrogens with one attached hydrogen (secondary N) is 1. The number of nitrogens with zero attached hydrogens (tertiary/aromatic N) is 1. The topological polar surface area (TPSA) is 58.6 Å². The fourth-order valence-electron chi connectivity index (χ4n) is 4.19. The van der Waals surface area contributed by atoms with Gasteiger partial charge in [0.2, 0.25) is 0 Å². The van der Waals surface area contributed by atoms with Crippen molar-refractivity contribution in [2.24, 2.45) is 0 Å². The zero-order valence-electron chi connectivity index (χ0n) is 17.7. The normalized spacial score (nSPS) is 17.5. The van der Waals surface area contributed by atoms with Crippen LogP contribution in [-0.4, -0.2) is 30.8 Å². The summed E-state index contributed by atoms with van der Waals surface area (Å²) in [5.74, 6) is 0.442. The van der Waals surface area contributed by atoms with Crippen LogP contribution in [0.3, 0.4) is 0 Å². The number of methoxy groups -OCH3 is 1. The van der Waals surface area contributed by atoms with Crippen molar-refractivity contribution < 1.29 is 14.3 Å². The molecule has 2 aliphatic heterocycles. The second kappa shape index (κ2) is 8.19. The van der Waals surface area contributed by atoms with Gasteiger partial charge in [-0.1, -0.05) is 6.07 Å². The van der Waals surface area contributed by atoms with Crippen LogP contribution in [0.1, 0.15) is 37.0 Å². The number of imide groups is 1. The van der Waals surface area contributed by atoms with Gasteiger partial charge in [0.25, 0.3) is 11.1 Å². The van der Waals surface area contributed by atoms with Crippen LogP contribution in [0.4, 0.5) is 10.5 Å². The predicted octanol–water partition coefficient (Wildman–Crippen LogP) is 5.16. The average Bonchev–Trinajstić information content (AvgIpc) is 3.03. The maximum atomic E-state index is 11.9. The quantitative estimate of drug-likeness (QED) is 0.690. The van der Waals surface area contributed by atoms with Gasteiger partial charge in [-0.15, -0.1) is 0 Å². The molecule has 2 aromatic carbocycles. The molecule has 0 aromatic heterocycles. The van der Waals surface area contributed by atoms with Crippen LogP contribution >= 0.6 is 11.8 Å². The smallest absolute Gasteiger partial charge is 0.290 e. The number of hydrogen-bond donors (Lipinski definition) is 1. The van der Waals surface area contributed by atoms with Gasteiger partial charge in [0.1, 0.15) is 5.75 Å². The monoisotopic (exact) mass is 422 g/mol. The Bertz CT molecular complexity index is 1060. The third-order valence-corrected chi connectivity index (χ3v) is 6.47. The van der Waals surface area contributed by atoms with Crippen LogP contribution in [0.5, 0.6) is 5.75 Å². The van der Waals surface area contributed by atoms with Crippen molar-refractivity contribution in [3.8, 4) is 16.9 Å². The first kappa shape index (κ1) is 20.5. The van der Waals surface area contributed by atoms with E-state index in [1.165, 1.54) is 16.8 Å². The van der Waals surface area contributed by atoms with Gasteiger partial charge in [-0.25, -0.2) is 0 Å². The van der Waals surface area contributed by atoms with Crippen molar-refractivity contribution in [2.45, 2.75) is 39.7 Å². The molecule has 0 saturated carbocycles. The van der Waals surface area contributed by atoms with E-state index in [9.17, 15) is 9.59 Å². The Kier molecular flexibility index (Phi) is 5.60. The number of fused-ring (bicyclic) bond motifs is 1. The molecule has 6 heteroatoms. The molecule has 0 atom stereocenters. The lowest BCUT2D eigenvalue weighted by Crippen LogP contribution is -2.35. The van der Waals surface area contributed by atoms with Crippen LogP contribution in [0.2, 0.25) is 0 Å². The number of anilines is 1. The minimum Gasteiger partial charge on any atom is -0.496 e. The highest BCUT2D eigenvalue weighted by Crippen LogP contribution is 2.39. The molecule has 4 rings (SSSR count). The third-order valence-electron chi connectivity index (χ3n) is 5.66. The van der Waals surface area contributed by atoms with Gasteiger partial charge in [-0.05, 0) is 98.0 Å². The molecule has 0 radical (unpaired) electrons. The van der Waals surface area contributed by atoms with Gasteiger partial charge >= 0.3 is 0 Å². The highest BCUT2D eigenvalue weighted by Gasteiger charge is 2.25. The summed E-state index contributed by atoms with van der Waals surface area (Å²) in [4.78, 5) is 26.3. The zero-order valence-corrected chi connectivity index (χ0v) is 18.6. The van der Waals surface area contributed by atoms with Gasteiger partial charge in [0, 0.05) is 23.8 Å². The Balaban J connectivity index is 1.79. The van der Waals surface area contributed by atoms with E-state index < -0.39 is 0 Å². The Morgan fingerprint density at radius 2 is 1.97 bits per heavy atom. The van der Waals surface area contributed by atoms with Crippen molar-refractivity contribution in [1.82, 2.24) is 5.32 Å². The summed E-state index contributed by atoms with van der Waals surface area (Å²) in [5.41, 5.74) is 6.86. The van der Waals surface area contributed by atoms with Gasteiger partial charge in [0.15, 0.2) is 0 Å². The number of benzene rings is 2. The fourth-order valence-corrected chi connectivity index (χ4v) is 4.87. The first-order valence-electron chi connectivity index (χ1n) is 10.2. The molecule has 1 fully saturated rings. The number of carbonyl (C=O) groups excluding carboxylic acids is 2. The number of amides is 2. The van der Waals surface area contributed by atoms with Gasteiger partial charge in [-0.2, -0.15) is 0 Å². The number of hydrogen-bond acceptors (Lipinski definition) is 5. The minimum atomic E-state index is -0.346. The Hall–Kier alpha value is -2.73. The highest BCUT2D eigenvalue weighted by atomic mass is 32.2. The van der Waals surface area contributed by atoms with Crippen LogP contribution < -0.4 is 15.0 Å². The summed E-state index contributed by atoms with van der Waals surface area (Å²) in [7, 11) is 1.67. The molecule has 0 unspecified atom stereocenters. The van der Waals surface area contributed by atoms with Crippen molar-refractivity contribution in [2.75, 3.05) is 18.6 Å². The van der Waals surface area contributed by atoms with Crippen molar-refractivity contribution in [1.29, 1.82) is 0 Å². The summed E-state index contributed by atoms with van der Waals surface area (Å²) in [6.45, 7) is 7.70. The minimum absolute atomic E-state index is 0.333. The molecule has 0 aliphatic carbocycles.